The van der Waals surface area contributed by atoms with Crippen molar-refractivity contribution in [1.82, 2.24) is 41.0 Å². The van der Waals surface area contributed by atoms with Crippen LogP contribution in [0.1, 0.15) is 85.0 Å². The summed E-state index contributed by atoms with van der Waals surface area (Å²) in [6, 6.07) is 10.4. The minimum absolute atomic E-state index is 0.00422. The van der Waals surface area contributed by atoms with E-state index in [1.54, 1.807) is 31.0 Å². The smallest absolute Gasteiger partial charge is 0.327 e. The first-order valence-corrected chi connectivity index (χ1v) is 28.7. The number of rotatable bonds is 38. The summed E-state index contributed by atoms with van der Waals surface area (Å²) in [6.45, 7) is 14.6. The fraction of sp³-hybridized carbons (Fsp3) is 0.534. The zero-order chi connectivity index (χ0) is 61.1. The van der Waals surface area contributed by atoms with Crippen LogP contribution in [0.15, 0.2) is 72.9 Å². The van der Waals surface area contributed by atoms with Crippen molar-refractivity contribution in [2.24, 2.45) is 11.3 Å². The van der Waals surface area contributed by atoms with Gasteiger partial charge in [-0.25, -0.2) is 13.6 Å². The largest absolute Gasteiger partial charge is 0.480 e. The van der Waals surface area contributed by atoms with Gasteiger partial charge >= 0.3 is 5.97 Å². The summed E-state index contributed by atoms with van der Waals surface area (Å²) in [5.74, 6) is -6.84. The van der Waals surface area contributed by atoms with Crippen molar-refractivity contribution in [3.63, 3.8) is 0 Å². The highest BCUT2D eigenvalue weighted by Crippen LogP contribution is 2.41. The van der Waals surface area contributed by atoms with Crippen LogP contribution in [0.2, 0.25) is 0 Å². The highest BCUT2D eigenvalue weighted by Gasteiger charge is 2.38. The summed E-state index contributed by atoms with van der Waals surface area (Å²) >= 11 is 1.03. The van der Waals surface area contributed by atoms with E-state index in [1.807, 2.05) is 55.7 Å². The molecular weight excluding hydrogens is 1100 g/mol. The van der Waals surface area contributed by atoms with Gasteiger partial charge in [0.1, 0.15) is 29.8 Å². The number of nitrogens with zero attached hydrogens (tertiary/aromatic N) is 3. The minimum atomic E-state index is -1.26. The lowest BCUT2D eigenvalue weighted by molar-refractivity contribution is -0.141. The highest BCUT2D eigenvalue weighted by molar-refractivity contribution is 8.00. The Morgan fingerprint density at radius 1 is 0.735 bits per heavy atom. The van der Waals surface area contributed by atoms with E-state index in [0.717, 1.165) is 52.6 Å². The number of amides is 8. The average molecular weight is 1180 g/mol. The number of ether oxygens (including phenoxy) is 4. The molecule has 456 valence electrons. The molecule has 6 N–H and O–H groups in total. The third-order valence-corrected chi connectivity index (χ3v) is 13.8. The van der Waals surface area contributed by atoms with E-state index in [4.69, 9.17) is 18.9 Å². The number of imide groups is 1. The molecule has 0 radical (unpaired) electrons. The van der Waals surface area contributed by atoms with Gasteiger partial charge in [0.05, 0.1) is 64.6 Å². The summed E-state index contributed by atoms with van der Waals surface area (Å²) in [5, 5.41) is 23.0. The first-order chi connectivity index (χ1) is 39.5. The number of aromatic nitrogens is 1. The third-order valence-electron chi connectivity index (χ3n) is 12.8. The Bertz CT molecular complexity index is 2670. The molecule has 1 aliphatic rings. The van der Waals surface area contributed by atoms with Crippen molar-refractivity contribution in [1.29, 1.82) is 0 Å². The van der Waals surface area contributed by atoms with Crippen LogP contribution < -0.4 is 26.6 Å². The van der Waals surface area contributed by atoms with Crippen molar-refractivity contribution in [2.75, 3.05) is 90.5 Å². The summed E-state index contributed by atoms with van der Waals surface area (Å²) in [5.41, 5.74) is 1.21. The zero-order valence-corrected chi connectivity index (χ0v) is 49.1. The standard InChI is InChI=1S/C58H80F2N8O14S/c1-38(2)53(65-49(71)19-24-79-26-28-81-30-31-82-29-27-80-25-21-61-48(70)18-23-67-50(72)16-17-51(67)73)56(76)63-39(3)55(75)62-20-11-22-68(52(74)37-83-36-46(57(77)78)64-40(4)69)54(58(5,6)7)47-32-42(44-33-43(59)14-15-45(44)60)35-66(47)34-41-12-9-8-10-13-41/h8-10,12-17,32-33,35,38-39,46,53-54H,11,18-31,34,36-37H2,1-7H3,(H,61,70)(H,62,75)(H,63,76)(H,64,69)(H,65,71)(H,77,78)/t39-,46-,53?,54-/m0/s1. The quantitative estimate of drug-likeness (QED) is 0.0352. The first-order valence-electron chi connectivity index (χ1n) is 27.5. The van der Waals surface area contributed by atoms with Crippen LogP contribution in [-0.2, 0) is 68.6 Å². The molecule has 25 heteroatoms. The molecule has 4 atom stereocenters. The van der Waals surface area contributed by atoms with E-state index in [1.165, 1.54) is 13.8 Å². The number of carboxylic acids is 1. The van der Waals surface area contributed by atoms with Crippen molar-refractivity contribution in [3.8, 4) is 11.1 Å². The van der Waals surface area contributed by atoms with Gasteiger partial charge in [0.25, 0.3) is 11.8 Å². The topological polar surface area (TPSA) is 282 Å². The number of aliphatic carboxylic acids is 1. The number of benzene rings is 2. The Morgan fingerprint density at radius 2 is 1.36 bits per heavy atom. The summed E-state index contributed by atoms with van der Waals surface area (Å²) in [6.07, 6.45) is 4.22. The molecule has 8 amide bonds. The van der Waals surface area contributed by atoms with Crippen LogP contribution in [0.4, 0.5) is 8.78 Å². The molecule has 0 spiro atoms. The second-order valence-corrected chi connectivity index (χ2v) is 22.0. The lowest BCUT2D eigenvalue weighted by Crippen LogP contribution is -2.54. The first kappa shape index (κ1) is 68.4. The monoisotopic (exact) mass is 1180 g/mol. The molecule has 1 unspecified atom stereocenters. The van der Waals surface area contributed by atoms with Gasteiger partial charge in [0, 0.05) is 93.4 Å². The van der Waals surface area contributed by atoms with Crippen molar-refractivity contribution >= 4 is 65.0 Å². The lowest BCUT2D eigenvalue weighted by Gasteiger charge is -2.41. The van der Waals surface area contributed by atoms with Crippen LogP contribution in [0.3, 0.4) is 0 Å². The molecule has 0 aliphatic carbocycles. The summed E-state index contributed by atoms with van der Waals surface area (Å²) in [4.78, 5) is 116. The molecule has 1 aliphatic heterocycles. The number of hydrogen-bond acceptors (Lipinski definition) is 14. The van der Waals surface area contributed by atoms with Crippen molar-refractivity contribution < 1.29 is 76.0 Å². The van der Waals surface area contributed by atoms with Gasteiger partial charge in [-0.05, 0) is 54.5 Å². The SMILES string of the molecule is CC(=O)N[C@@H](CSCC(=O)N(CCCNC(=O)[C@H](C)NC(=O)C(NC(=O)CCOCCOCCOCCOCCNC(=O)CCN1C(=O)C=CC1=O)C(C)C)[C@@H](c1cc(-c2cc(F)ccc2F)cn1Cc1ccccc1)C(C)(C)C)C(=O)O. The number of carbonyl (C=O) groups is 9. The van der Waals surface area contributed by atoms with Gasteiger partial charge in [-0.15, -0.1) is 11.8 Å². The van der Waals surface area contributed by atoms with Crippen LogP contribution in [0.25, 0.3) is 11.1 Å². The fourth-order valence-corrected chi connectivity index (χ4v) is 9.60. The van der Waals surface area contributed by atoms with Crippen LogP contribution in [0, 0.1) is 23.0 Å². The maximum absolute atomic E-state index is 15.4. The van der Waals surface area contributed by atoms with Crippen LogP contribution in [-0.4, -0.2) is 181 Å². The molecule has 22 nitrogen and oxygen atoms in total. The maximum atomic E-state index is 15.4. The van der Waals surface area contributed by atoms with Gasteiger partial charge in [-0.3, -0.25) is 43.3 Å². The Kier molecular flexibility index (Phi) is 29.0. The van der Waals surface area contributed by atoms with Gasteiger partial charge in [-0.1, -0.05) is 65.0 Å². The summed E-state index contributed by atoms with van der Waals surface area (Å²) in [7, 11) is 0. The predicted octanol–water partition coefficient (Wildman–Crippen LogP) is 3.76. The molecule has 0 saturated heterocycles. The molecule has 2 heterocycles. The second-order valence-electron chi connectivity index (χ2n) is 21.0. The second kappa shape index (κ2) is 35.2. The van der Waals surface area contributed by atoms with Gasteiger partial charge in [0.15, 0.2) is 0 Å². The molecule has 0 bridgehead atoms. The molecule has 3 aromatic rings. The number of hydrogen-bond donors (Lipinski definition) is 6. The molecule has 2 aromatic carbocycles. The Balaban J connectivity index is 1.24. The molecule has 83 heavy (non-hydrogen) atoms. The van der Waals surface area contributed by atoms with Crippen LogP contribution >= 0.6 is 11.8 Å². The molecule has 0 saturated carbocycles. The van der Waals surface area contributed by atoms with Crippen molar-refractivity contribution in [3.05, 3.63) is 95.8 Å². The lowest BCUT2D eigenvalue weighted by atomic mass is 9.83. The fourth-order valence-electron chi connectivity index (χ4n) is 8.68. The van der Waals surface area contributed by atoms with E-state index in [2.05, 4.69) is 26.6 Å². The third kappa shape index (κ3) is 24.0. The maximum Gasteiger partial charge on any atom is 0.327 e. The number of nitrogens with one attached hydrogen (secondary N) is 5. The van der Waals surface area contributed by atoms with Gasteiger partial charge in [0.2, 0.25) is 35.4 Å². The minimum Gasteiger partial charge on any atom is -0.480 e. The Labute approximate surface area is 487 Å². The van der Waals surface area contributed by atoms with E-state index in [0.29, 0.717) is 37.6 Å². The number of thioether (sulfide) groups is 1. The van der Waals surface area contributed by atoms with E-state index in [9.17, 15) is 52.6 Å². The van der Waals surface area contributed by atoms with Gasteiger partial charge < -0.3 is 60.1 Å². The molecular formula is C58H80F2N8O14S. The normalized spacial score (nSPS) is 13.8. The van der Waals surface area contributed by atoms with Crippen LogP contribution in [0.5, 0.6) is 0 Å². The molecule has 0 fully saturated rings. The Morgan fingerprint density at radius 3 is 1.96 bits per heavy atom. The van der Waals surface area contributed by atoms with E-state index in [-0.39, 0.29) is 113 Å². The number of carbonyl (C=O) groups excluding carboxylic acids is 8. The van der Waals surface area contributed by atoms with E-state index >= 15 is 4.39 Å². The van der Waals surface area contributed by atoms with E-state index < -0.39 is 82.6 Å². The number of carboxylic acid groups (broad SMARTS) is 1. The Hall–Kier alpha value is -7.06. The van der Waals surface area contributed by atoms with Gasteiger partial charge in [-0.2, -0.15) is 0 Å². The predicted molar refractivity (Wildman–Crippen MR) is 305 cm³/mol. The molecule has 1 aromatic heterocycles. The average Bonchev–Trinajstić information content (AvgIpc) is 4.11. The highest BCUT2D eigenvalue weighted by atomic mass is 32.2. The zero-order valence-electron chi connectivity index (χ0n) is 48.3. The molecule has 4 rings (SSSR count). The van der Waals surface area contributed by atoms with Crippen molar-refractivity contribution in [2.45, 2.75) is 98.4 Å². The number of halogens is 2. The summed E-state index contributed by atoms with van der Waals surface area (Å²) < 4.78 is 53.8.